The summed E-state index contributed by atoms with van der Waals surface area (Å²) in [5, 5.41) is 18.6. The SMILES string of the molecule is Cc1cccc(C(=O)CC(=C(CC(=O)O)C(=O)O)c2cccc(C)c2)c1. The van der Waals surface area contributed by atoms with Gasteiger partial charge in [0, 0.05) is 12.0 Å². The molecule has 0 fully saturated rings. The summed E-state index contributed by atoms with van der Waals surface area (Å²) in [5.41, 5.74) is 2.78. The summed E-state index contributed by atoms with van der Waals surface area (Å²) in [4.78, 5) is 35.5. The predicted molar refractivity (Wildman–Crippen MR) is 98.1 cm³/mol. The van der Waals surface area contributed by atoms with E-state index in [0.717, 1.165) is 11.1 Å². The Morgan fingerprint density at radius 2 is 1.35 bits per heavy atom. The minimum absolute atomic E-state index is 0.179. The average molecular weight is 352 g/mol. The van der Waals surface area contributed by atoms with Gasteiger partial charge in [0.2, 0.25) is 0 Å². The van der Waals surface area contributed by atoms with Crippen molar-refractivity contribution < 1.29 is 24.6 Å². The Kier molecular flexibility index (Phi) is 6.07. The maximum Gasteiger partial charge on any atom is 0.332 e. The molecule has 0 aliphatic carbocycles. The van der Waals surface area contributed by atoms with Gasteiger partial charge in [-0.25, -0.2) is 4.79 Å². The van der Waals surface area contributed by atoms with E-state index in [9.17, 15) is 19.5 Å². The molecule has 2 aromatic rings. The molecule has 0 amide bonds. The van der Waals surface area contributed by atoms with Crippen LogP contribution in [-0.2, 0) is 9.59 Å². The van der Waals surface area contributed by atoms with Crippen LogP contribution in [0.2, 0.25) is 0 Å². The number of hydrogen-bond donors (Lipinski definition) is 2. The number of allylic oxidation sites excluding steroid dienone is 1. The van der Waals surface area contributed by atoms with Crippen molar-refractivity contribution in [2.75, 3.05) is 0 Å². The average Bonchev–Trinajstić information content (AvgIpc) is 2.57. The second kappa shape index (κ2) is 8.25. The van der Waals surface area contributed by atoms with Crippen molar-refractivity contribution in [3.8, 4) is 0 Å². The molecule has 0 bridgehead atoms. The number of benzene rings is 2. The fraction of sp³-hybridized carbons (Fsp3) is 0.190. The molecule has 0 saturated carbocycles. The highest BCUT2D eigenvalue weighted by Crippen LogP contribution is 2.27. The summed E-state index contributed by atoms with van der Waals surface area (Å²) in [6.07, 6.45) is -0.832. The molecule has 5 nitrogen and oxygen atoms in total. The quantitative estimate of drug-likeness (QED) is 0.583. The number of hydrogen-bond acceptors (Lipinski definition) is 3. The topological polar surface area (TPSA) is 91.7 Å². The molecular formula is C21H20O5. The van der Waals surface area contributed by atoms with E-state index in [1.165, 1.54) is 0 Å². The van der Waals surface area contributed by atoms with Gasteiger partial charge in [0.15, 0.2) is 5.78 Å². The third-order valence-electron chi connectivity index (χ3n) is 3.99. The molecule has 0 spiro atoms. The highest BCUT2D eigenvalue weighted by Gasteiger charge is 2.22. The number of ketones is 1. The number of rotatable bonds is 7. The lowest BCUT2D eigenvalue weighted by molar-refractivity contribution is -0.139. The molecule has 0 unspecified atom stereocenters. The second-order valence-electron chi connectivity index (χ2n) is 6.17. The summed E-state index contributed by atoms with van der Waals surface area (Å²) < 4.78 is 0. The number of carbonyl (C=O) groups excluding carboxylic acids is 1. The number of carbonyl (C=O) groups is 3. The zero-order valence-electron chi connectivity index (χ0n) is 14.7. The van der Waals surface area contributed by atoms with E-state index in [2.05, 4.69) is 0 Å². The second-order valence-corrected chi connectivity index (χ2v) is 6.17. The van der Waals surface area contributed by atoms with E-state index in [4.69, 9.17) is 5.11 Å². The molecule has 0 heterocycles. The molecule has 2 rings (SSSR count). The van der Waals surface area contributed by atoms with E-state index in [-0.39, 0.29) is 23.4 Å². The minimum atomic E-state index is -1.33. The van der Waals surface area contributed by atoms with Gasteiger partial charge in [-0.05, 0) is 31.1 Å². The fourth-order valence-corrected chi connectivity index (χ4v) is 2.76. The Morgan fingerprint density at radius 1 is 0.808 bits per heavy atom. The highest BCUT2D eigenvalue weighted by molar-refractivity contribution is 6.08. The first-order valence-electron chi connectivity index (χ1n) is 8.12. The molecule has 0 aromatic heterocycles. The molecule has 5 heteroatoms. The van der Waals surface area contributed by atoms with Crippen molar-refractivity contribution in [1.82, 2.24) is 0 Å². The van der Waals surface area contributed by atoms with Gasteiger partial charge in [0.05, 0.1) is 12.0 Å². The van der Waals surface area contributed by atoms with Crippen LogP contribution in [0.25, 0.3) is 5.57 Å². The monoisotopic (exact) mass is 352 g/mol. The lowest BCUT2D eigenvalue weighted by Gasteiger charge is -2.13. The third kappa shape index (κ3) is 4.89. The zero-order valence-corrected chi connectivity index (χ0v) is 14.7. The van der Waals surface area contributed by atoms with Gasteiger partial charge >= 0.3 is 11.9 Å². The van der Waals surface area contributed by atoms with Gasteiger partial charge in [-0.2, -0.15) is 0 Å². The Hall–Kier alpha value is -3.21. The fourth-order valence-electron chi connectivity index (χ4n) is 2.76. The van der Waals surface area contributed by atoms with Gasteiger partial charge in [0.1, 0.15) is 0 Å². The molecule has 0 aliphatic rings. The van der Waals surface area contributed by atoms with Crippen LogP contribution >= 0.6 is 0 Å². The first kappa shape index (κ1) is 19.1. The Bertz CT molecular complexity index is 893. The zero-order chi connectivity index (χ0) is 19.3. The van der Waals surface area contributed by atoms with Crippen LogP contribution in [-0.4, -0.2) is 27.9 Å². The van der Waals surface area contributed by atoms with E-state index in [1.807, 2.05) is 26.0 Å². The number of Topliss-reactive ketones (excluding diaryl/α,β-unsaturated/α-hetero) is 1. The van der Waals surface area contributed by atoms with Crippen molar-refractivity contribution in [3.63, 3.8) is 0 Å². The van der Waals surface area contributed by atoms with Crippen LogP contribution in [0.5, 0.6) is 0 Å². The summed E-state index contributed by atoms with van der Waals surface area (Å²) in [6.45, 7) is 3.71. The van der Waals surface area contributed by atoms with Crippen LogP contribution in [0, 0.1) is 13.8 Å². The molecule has 0 radical (unpaired) electrons. The third-order valence-corrected chi connectivity index (χ3v) is 3.99. The lowest BCUT2D eigenvalue weighted by atomic mass is 9.90. The Balaban J connectivity index is 2.54. The maximum atomic E-state index is 12.7. The van der Waals surface area contributed by atoms with E-state index in [0.29, 0.717) is 11.1 Å². The van der Waals surface area contributed by atoms with Gasteiger partial charge in [-0.1, -0.05) is 53.6 Å². The first-order chi connectivity index (χ1) is 12.3. The molecule has 0 saturated heterocycles. The standard InChI is InChI=1S/C21H20O5/c1-13-5-3-7-15(9-13)17(18(21(25)26)12-20(23)24)11-19(22)16-8-4-6-14(2)10-16/h3-10H,11-12H2,1-2H3,(H,23,24)(H,25,26). The van der Waals surface area contributed by atoms with Crippen molar-refractivity contribution in [2.24, 2.45) is 0 Å². The van der Waals surface area contributed by atoms with Gasteiger partial charge in [-0.3, -0.25) is 9.59 Å². The predicted octanol–water partition coefficient (Wildman–Crippen LogP) is 3.89. The summed E-state index contributed by atoms with van der Waals surface area (Å²) in [7, 11) is 0. The molecule has 26 heavy (non-hydrogen) atoms. The number of aryl methyl sites for hydroxylation is 2. The molecule has 2 aromatic carbocycles. The van der Waals surface area contributed by atoms with Gasteiger partial charge in [0.25, 0.3) is 0 Å². The van der Waals surface area contributed by atoms with Crippen LogP contribution in [0.4, 0.5) is 0 Å². The lowest BCUT2D eigenvalue weighted by Crippen LogP contribution is -2.12. The number of carboxylic acid groups (broad SMARTS) is 2. The largest absolute Gasteiger partial charge is 0.481 e. The molecule has 2 N–H and O–H groups in total. The number of carboxylic acids is 2. The minimum Gasteiger partial charge on any atom is -0.481 e. The number of aliphatic carboxylic acids is 2. The van der Waals surface area contributed by atoms with Gasteiger partial charge in [-0.15, -0.1) is 0 Å². The molecule has 0 aliphatic heterocycles. The van der Waals surface area contributed by atoms with Crippen molar-refractivity contribution in [3.05, 3.63) is 76.4 Å². The normalized spacial score (nSPS) is 11.6. The maximum absolute atomic E-state index is 12.7. The molecule has 0 atom stereocenters. The van der Waals surface area contributed by atoms with Crippen LogP contribution < -0.4 is 0 Å². The molecule has 134 valence electrons. The summed E-state index contributed by atoms with van der Waals surface area (Å²) in [6, 6.07) is 14.1. The Morgan fingerprint density at radius 3 is 1.85 bits per heavy atom. The van der Waals surface area contributed by atoms with E-state index < -0.39 is 18.4 Å². The van der Waals surface area contributed by atoms with Crippen LogP contribution in [0.3, 0.4) is 0 Å². The summed E-state index contributed by atoms with van der Waals surface area (Å²) in [5.74, 6) is -2.84. The van der Waals surface area contributed by atoms with Crippen molar-refractivity contribution in [1.29, 1.82) is 0 Å². The van der Waals surface area contributed by atoms with E-state index >= 15 is 0 Å². The first-order valence-corrected chi connectivity index (χ1v) is 8.12. The van der Waals surface area contributed by atoms with Crippen molar-refractivity contribution in [2.45, 2.75) is 26.7 Å². The van der Waals surface area contributed by atoms with Crippen LogP contribution in [0.1, 0.15) is 39.9 Å². The molecular weight excluding hydrogens is 332 g/mol. The van der Waals surface area contributed by atoms with Gasteiger partial charge < -0.3 is 10.2 Å². The van der Waals surface area contributed by atoms with Crippen LogP contribution in [0.15, 0.2) is 54.1 Å². The smallest absolute Gasteiger partial charge is 0.332 e. The Labute approximate surface area is 151 Å². The highest BCUT2D eigenvalue weighted by atomic mass is 16.4. The summed E-state index contributed by atoms with van der Waals surface area (Å²) >= 11 is 0. The van der Waals surface area contributed by atoms with Crippen molar-refractivity contribution >= 4 is 23.3 Å². The van der Waals surface area contributed by atoms with E-state index in [1.54, 1.807) is 36.4 Å².